The molecule has 0 spiro atoms. The highest BCUT2D eigenvalue weighted by atomic mass is 28.3. The molecule has 0 bridgehead atoms. The summed E-state index contributed by atoms with van der Waals surface area (Å²) in [7, 11) is -0.0650. The van der Waals surface area contributed by atoms with E-state index in [0.29, 0.717) is 12.1 Å². The molecule has 0 fully saturated rings. The summed E-state index contributed by atoms with van der Waals surface area (Å²) in [5.74, 6) is 0. The maximum atomic E-state index is 2.91. The van der Waals surface area contributed by atoms with E-state index in [9.17, 15) is 0 Å². The number of nitrogens with zero attached hydrogens (tertiary/aromatic N) is 1. The molecule has 0 aliphatic heterocycles. The Labute approximate surface area is 120 Å². The van der Waals surface area contributed by atoms with Crippen LogP contribution in [0, 0.1) is 0 Å². The summed E-state index contributed by atoms with van der Waals surface area (Å²) in [6, 6.07) is 5.46. The molecule has 0 aliphatic rings. The van der Waals surface area contributed by atoms with Crippen molar-refractivity contribution in [1.82, 2.24) is 4.57 Å². The van der Waals surface area contributed by atoms with Crippen molar-refractivity contribution in [3.05, 3.63) is 10.8 Å². The highest BCUT2D eigenvalue weighted by Crippen LogP contribution is 2.31. The lowest BCUT2D eigenvalue weighted by Crippen LogP contribution is -2.59. The second kappa shape index (κ2) is 7.66. The molecule has 18 heavy (non-hydrogen) atoms. The van der Waals surface area contributed by atoms with E-state index in [1.54, 1.807) is 10.8 Å². The van der Waals surface area contributed by atoms with Crippen LogP contribution in [0.2, 0.25) is 18.1 Å². The summed E-state index contributed by atoms with van der Waals surface area (Å²) in [6.45, 7) is 19.1. The Bertz CT molecular complexity index is 268. The van der Waals surface area contributed by atoms with E-state index in [0.717, 1.165) is 0 Å². The third kappa shape index (κ3) is 3.81. The Morgan fingerprint density at radius 3 is 1.61 bits per heavy atom. The minimum atomic E-state index is -1.27. The molecule has 0 rings (SSSR count). The third-order valence-electron chi connectivity index (χ3n) is 4.91. The first-order chi connectivity index (χ1) is 8.27. The van der Waals surface area contributed by atoms with E-state index >= 15 is 0 Å². The minimum Gasteiger partial charge on any atom is -0.315 e. The van der Waals surface area contributed by atoms with E-state index in [2.05, 4.69) is 60.0 Å². The van der Waals surface area contributed by atoms with Gasteiger partial charge in [0, 0.05) is 16.3 Å². The quantitative estimate of drug-likeness (QED) is 0.644. The predicted molar refractivity (Wildman–Crippen MR) is 91.9 cm³/mol. The molecule has 1 nitrogen and oxygen atoms in total. The Morgan fingerprint density at radius 1 is 1.00 bits per heavy atom. The van der Waals surface area contributed by atoms with E-state index in [1.165, 1.54) is 28.4 Å². The lowest BCUT2D eigenvalue weighted by atomic mass is 10.1. The molecule has 3 heteroatoms. The predicted octanol–water partition coefficient (Wildman–Crippen LogP) is 3.75. The zero-order valence-corrected chi connectivity index (χ0v) is 17.2. The van der Waals surface area contributed by atoms with Crippen LogP contribution in [0.25, 0.3) is 0 Å². The third-order valence-corrected chi connectivity index (χ3v) is 11.6. The molecule has 0 saturated carbocycles. The molecule has 108 valence electrons. The number of rotatable bonds is 7. The fourth-order valence-corrected chi connectivity index (χ4v) is 8.45. The largest absolute Gasteiger partial charge is 0.315 e. The fraction of sp³-hybridized carbons (Fsp3) is 0.867. The SMILES string of the molecule is CC[Si](CC)(CC)N(C(C)C)C(C)C(C)=C(C)[SiH3]. The van der Waals surface area contributed by atoms with Crippen molar-refractivity contribution >= 4 is 18.5 Å². The van der Waals surface area contributed by atoms with Gasteiger partial charge in [-0.15, -0.1) is 0 Å². The Balaban J connectivity index is 5.50. The van der Waals surface area contributed by atoms with Gasteiger partial charge in [-0.2, -0.15) is 0 Å². The Kier molecular flexibility index (Phi) is 7.71. The van der Waals surface area contributed by atoms with Gasteiger partial charge in [-0.25, -0.2) is 0 Å². The van der Waals surface area contributed by atoms with Crippen molar-refractivity contribution in [3.8, 4) is 0 Å². The topological polar surface area (TPSA) is 3.24 Å². The molecule has 0 aliphatic carbocycles. The van der Waals surface area contributed by atoms with Crippen molar-refractivity contribution in [2.45, 2.75) is 85.6 Å². The van der Waals surface area contributed by atoms with Crippen molar-refractivity contribution < 1.29 is 0 Å². The van der Waals surface area contributed by atoms with Gasteiger partial charge in [0.25, 0.3) is 0 Å². The van der Waals surface area contributed by atoms with Gasteiger partial charge in [0.15, 0.2) is 0 Å². The van der Waals surface area contributed by atoms with E-state index in [1.807, 2.05) is 0 Å². The molecule has 0 radical (unpaired) electrons. The standard InChI is InChI=1S/C15H35NSi2/c1-9-18(10-2,11-3)16(12(4)5)14(7)13(6)15(8)17/h12,14H,9-11H2,1-8,17H3. The number of hydrogen-bond donors (Lipinski definition) is 0. The molecule has 0 amide bonds. The van der Waals surface area contributed by atoms with Gasteiger partial charge < -0.3 is 4.57 Å². The maximum Gasteiger partial charge on any atom is 0.128 e. The second-order valence-electron chi connectivity index (χ2n) is 6.15. The smallest absolute Gasteiger partial charge is 0.128 e. The summed E-state index contributed by atoms with van der Waals surface area (Å²) in [5, 5.41) is 1.62. The molecule has 0 aromatic rings. The average molecular weight is 286 g/mol. The summed E-state index contributed by atoms with van der Waals surface area (Å²) < 4.78 is 2.91. The second-order valence-corrected chi connectivity index (χ2v) is 12.7. The van der Waals surface area contributed by atoms with Gasteiger partial charge in [0.2, 0.25) is 0 Å². The minimum absolute atomic E-state index is 0.633. The highest BCUT2D eigenvalue weighted by Gasteiger charge is 2.39. The van der Waals surface area contributed by atoms with Gasteiger partial charge in [-0.05, 0) is 44.9 Å². The van der Waals surface area contributed by atoms with Crippen LogP contribution in [0.3, 0.4) is 0 Å². The molecule has 0 N–H and O–H groups in total. The molecule has 1 atom stereocenters. The molecule has 0 aromatic carbocycles. The van der Waals surface area contributed by atoms with E-state index in [-0.39, 0.29) is 0 Å². The van der Waals surface area contributed by atoms with E-state index in [4.69, 9.17) is 0 Å². The molecular formula is C15H35NSi2. The van der Waals surface area contributed by atoms with Crippen LogP contribution in [0.1, 0.15) is 55.4 Å². The number of allylic oxidation sites excluding steroid dienone is 1. The normalized spacial score (nSPS) is 16.3. The zero-order chi connectivity index (χ0) is 14.5. The Morgan fingerprint density at radius 2 is 1.39 bits per heavy atom. The van der Waals surface area contributed by atoms with Crippen LogP contribution in [0.5, 0.6) is 0 Å². The average Bonchev–Trinajstić information content (AvgIpc) is 2.33. The van der Waals surface area contributed by atoms with Crippen molar-refractivity contribution in [1.29, 1.82) is 0 Å². The molecule has 1 unspecified atom stereocenters. The Hall–Kier alpha value is 0.134. The van der Waals surface area contributed by atoms with Gasteiger partial charge in [-0.1, -0.05) is 45.4 Å². The van der Waals surface area contributed by atoms with Gasteiger partial charge in [0.05, 0.1) is 0 Å². The maximum absolute atomic E-state index is 2.91. The first-order valence-corrected chi connectivity index (χ1v) is 11.3. The zero-order valence-electron chi connectivity index (χ0n) is 14.2. The lowest BCUT2D eigenvalue weighted by molar-refractivity contribution is 0.300. The van der Waals surface area contributed by atoms with Crippen LogP contribution < -0.4 is 0 Å². The van der Waals surface area contributed by atoms with Gasteiger partial charge >= 0.3 is 0 Å². The van der Waals surface area contributed by atoms with Gasteiger partial charge in [0.1, 0.15) is 8.24 Å². The van der Waals surface area contributed by atoms with Crippen LogP contribution >= 0.6 is 0 Å². The van der Waals surface area contributed by atoms with Crippen LogP contribution in [0.4, 0.5) is 0 Å². The molecule has 0 aromatic heterocycles. The summed E-state index contributed by atoms with van der Waals surface area (Å²) in [5.41, 5.74) is 1.63. The first-order valence-electron chi connectivity index (χ1n) is 7.69. The first kappa shape index (κ1) is 18.1. The van der Waals surface area contributed by atoms with Crippen molar-refractivity contribution in [2.75, 3.05) is 0 Å². The van der Waals surface area contributed by atoms with Crippen LogP contribution in [0.15, 0.2) is 10.8 Å². The number of hydrogen-bond acceptors (Lipinski definition) is 1. The molecule has 0 saturated heterocycles. The van der Waals surface area contributed by atoms with Gasteiger partial charge in [-0.3, -0.25) is 0 Å². The summed E-state index contributed by atoms with van der Waals surface area (Å²) >= 11 is 0. The lowest BCUT2D eigenvalue weighted by Gasteiger charge is -2.48. The molecule has 0 heterocycles. The fourth-order valence-electron chi connectivity index (χ4n) is 3.33. The highest BCUT2D eigenvalue weighted by molar-refractivity contribution is 6.77. The summed E-state index contributed by atoms with van der Waals surface area (Å²) in [6.07, 6.45) is 0. The molecular weight excluding hydrogens is 250 g/mol. The van der Waals surface area contributed by atoms with Crippen LogP contribution in [-0.2, 0) is 0 Å². The van der Waals surface area contributed by atoms with Crippen molar-refractivity contribution in [2.24, 2.45) is 0 Å². The summed E-state index contributed by atoms with van der Waals surface area (Å²) in [4.78, 5) is 0. The van der Waals surface area contributed by atoms with Crippen molar-refractivity contribution in [3.63, 3.8) is 0 Å². The van der Waals surface area contributed by atoms with E-state index < -0.39 is 8.24 Å². The monoisotopic (exact) mass is 285 g/mol. The van der Waals surface area contributed by atoms with Crippen LogP contribution in [-0.4, -0.2) is 35.1 Å².